The highest BCUT2D eigenvalue weighted by Gasteiger charge is 2.13. The summed E-state index contributed by atoms with van der Waals surface area (Å²) >= 11 is 0. The number of carbonyl (C=O) groups excluding carboxylic acids is 1. The lowest BCUT2D eigenvalue weighted by atomic mass is 10.1. The molecule has 0 saturated heterocycles. The molecular formula is C16H16N2O3. The molecule has 5 nitrogen and oxygen atoms in total. The van der Waals surface area contributed by atoms with E-state index < -0.39 is 0 Å². The van der Waals surface area contributed by atoms with Gasteiger partial charge in [0.25, 0.3) is 0 Å². The average molecular weight is 284 g/mol. The number of Topliss-reactive ketones (excluding diaryl/α,β-unsaturated/α-hetero) is 1. The average Bonchev–Trinajstić information content (AvgIpc) is 2.92. The van der Waals surface area contributed by atoms with Crippen molar-refractivity contribution in [2.75, 3.05) is 17.8 Å². The van der Waals surface area contributed by atoms with Crippen LogP contribution in [0.2, 0.25) is 0 Å². The number of ketones is 1. The molecule has 1 aliphatic rings. The van der Waals surface area contributed by atoms with Gasteiger partial charge in [-0.05, 0) is 42.8 Å². The van der Waals surface area contributed by atoms with Gasteiger partial charge in [0.15, 0.2) is 17.3 Å². The number of nitrogen functional groups attached to an aromatic ring is 1. The first-order valence-electron chi connectivity index (χ1n) is 6.66. The molecule has 0 atom stereocenters. The van der Waals surface area contributed by atoms with Gasteiger partial charge in [0.2, 0.25) is 6.79 Å². The molecule has 1 aliphatic heterocycles. The lowest BCUT2D eigenvalue weighted by Gasteiger charge is -2.09. The van der Waals surface area contributed by atoms with Crippen molar-refractivity contribution in [1.29, 1.82) is 0 Å². The van der Waals surface area contributed by atoms with Crippen LogP contribution in [0.15, 0.2) is 36.4 Å². The fraction of sp³-hybridized carbons (Fsp3) is 0.188. The minimum absolute atomic E-state index is 0.0326. The van der Waals surface area contributed by atoms with E-state index in [0.717, 1.165) is 22.7 Å². The molecule has 2 aromatic carbocycles. The minimum atomic E-state index is -0.0326. The predicted molar refractivity (Wildman–Crippen MR) is 80.8 cm³/mol. The zero-order chi connectivity index (χ0) is 14.8. The molecule has 0 unspecified atom stereocenters. The molecule has 0 aliphatic carbocycles. The summed E-state index contributed by atoms with van der Waals surface area (Å²) in [7, 11) is 0. The summed E-state index contributed by atoms with van der Waals surface area (Å²) in [5, 5.41) is 3.27. The zero-order valence-corrected chi connectivity index (χ0v) is 11.7. The van der Waals surface area contributed by atoms with Crippen molar-refractivity contribution in [1.82, 2.24) is 0 Å². The first-order chi connectivity index (χ1) is 10.1. The monoisotopic (exact) mass is 284 g/mol. The summed E-state index contributed by atoms with van der Waals surface area (Å²) < 4.78 is 10.6. The lowest BCUT2D eigenvalue weighted by Crippen LogP contribution is -2.03. The number of nitrogens with one attached hydrogen (secondary N) is 1. The summed E-state index contributed by atoms with van der Waals surface area (Å²) in [5.74, 6) is 1.50. The van der Waals surface area contributed by atoms with Crippen LogP contribution in [-0.2, 0) is 6.54 Å². The highest BCUT2D eigenvalue weighted by molar-refractivity contribution is 5.99. The SMILES string of the molecule is CC(=O)c1ccc(NCc2ccc3c(c2)OCO3)cc1N. The third kappa shape index (κ3) is 2.76. The van der Waals surface area contributed by atoms with E-state index in [2.05, 4.69) is 5.32 Å². The largest absolute Gasteiger partial charge is 0.454 e. The van der Waals surface area contributed by atoms with Crippen LogP contribution < -0.4 is 20.5 Å². The van der Waals surface area contributed by atoms with Crippen LogP contribution in [0, 0.1) is 0 Å². The molecule has 0 aromatic heterocycles. The molecule has 108 valence electrons. The van der Waals surface area contributed by atoms with Crippen molar-refractivity contribution < 1.29 is 14.3 Å². The van der Waals surface area contributed by atoms with Gasteiger partial charge < -0.3 is 20.5 Å². The third-order valence-electron chi connectivity index (χ3n) is 3.36. The second-order valence-electron chi connectivity index (χ2n) is 4.90. The van der Waals surface area contributed by atoms with Gasteiger partial charge in [0.05, 0.1) is 0 Å². The number of nitrogens with two attached hydrogens (primary N) is 1. The Morgan fingerprint density at radius 3 is 2.76 bits per heavy atom. The van der Waals surface area contributed by atoms with E-state index in [1.165, 1.54) is 6.92 Å². The zero-order valence-electron chi connectivity index (χ0n) is 11.7. The maximum Gasteiger partial charge on any atom is 0.231 e. The summed E-state index contributed by atoms with van der Waals surface area (Å²) in [4.78, 5) is 11.3. The number of anilines is 2. The Balaban J connectivity index is 1.70. The smallest absolute Gasteiger partial charge is 0.231 e. The quantitative estimate of drug-likeness (QED) is 0.667. The van der Waals surface area contributed by atoms with Crippen molar-refractivity contribution in [3.63, 3.8) is 0 Å². The van der Waals surface area contributed by atoms with E-state index in [-0.39, 0.29) is 12.6 Å². The second-order valence-corrected chi connectivity index (χ2v) is 4.90. The van der Waals surface area contributed by atoms with Crippen molar-refractivity contribution in [3.05, 3.63) is 47.5 Å². The van der Waals surface area contributed by atoms with Gasteiger partial charge in [-0.3, -0.25) is 4.79 Å². The number of carbonyl (C=O) groups is 1. The Labute approximate surface area is 122 Å². The molecule has 3 rings (SSSR count). The molecule has 5 heteroatoms. The van der Waals surface area contributed by atoms with E-state index >= 15 is 0 Å². The van der Waals surface area contributed by atoms with Gasteiger partial charge in [0, 0.05) is 23.5 Å². The molecule has 0 spiro atoms. The van der Waals surface area contributed by atoms with Crippen molar-refractivity contribution in [3.8, 4) is 11.5 Å². The summed E-state index contributed by atoms with van der Waals surface area (Å²) in [6, 6.07) is 11.2. The van der Waals surface area contributed by atoms with Crippen LogP contribution in [0.1, 0.15) is 22.8 Å². The van der Waals surface area contributed by atoms with Crippen molar-refractivity contribution in [2.24, 2.45) is 0 Å². The van der Waals surface area contributed by atoms with Gasteiger partial charge in [-0.2, -0.15) is 0 Å². The number of rotatable bonds is 4. The van der Waals surface area contributed by atoms with E-state index in [9.17, 15) is 4.79 Å². The Morgan fingerprint density at radius 2 is 2.00 bits per heavy atom. The molecule has 21 heavy (non-hydrogen) atoms. The molecule has 1 heterocycles. The lowest BCUT2D eigenvalue weighted by molar-refractivity contribution is 0.101. The van der Waals surface area contributed by atoms with Crippen LogP contribution in [-0.4, -0.2) is 12.6 Å². The van der Waals surface area contributed by atoms with Crippen LogP contribution in [0.25, 0.3) is 0 Å². The highest BCUT2D eigenvalue weighted by Crippen LogP contribution is 2.32. The Hall–Kier alpha value is -2.69. The van der Waals surface area contributed by atoms with Gasteiger partial charge in [-0.15, -0.1) is 0 Å². The van der Waals surface area contributed by atoms with Crippen LogP contribution in [0.5, 0.6) is 11.5 Å². The summed E-state index contributed by atoms with van der Waals surface area (Å²) in [6.07, 6.45) is 0. The Bertz CT molecular complexity index is 698. The number of hydrogen-bond acceptors (Lipinski definition) is 5. The van der Waals surface area contributed by atoms with E-state index in [4.69, 9.17) is 15.2 Å². The van der Waals surface area contributed by atoms with Gasteiger partial charge >= 0.3 is 0 Å². The van der Waals surface area contributed by atoms with Crippen LogP contribution >= 0.6 is 0 Å². The van der Waals surface area contributed by atoms with Gasteiger partial charge in [-0.1, -0.05) is 6.07 Å². The molecule has 2 aromatic rings. The van der Waals surface area contributed by atoms with E-state index in [0.29, 0.717) is 17.8 Å². The number of fused-ring (bicyclic) bond motifs is 1. The van der Waals surface area contributed by atoms with Crippen LogP contribution in [0.3, 0.4) is 0 Å². The molecular weight excluding hydrogens is 268 g/mol. The fourth-order valence-electron chi connectivity index (χ4n) is 2.25. The maximum atomic E-state index is 11.3. The second kappa shape index (κ2) is 5.36. The molecule has 0 radical (unpaired) electrons. The van der Waals surface area contributed by atoms with Gasteiger partial charge in [-0.25, -0.2) is 0 Å². The van der Waals surface area contributed by atoms with E-state index in [1.54, 1.807) is 12.1 Å². The fourth-order valence-corrected chi connectivity index (χ4v) is 2.25. The summed E-state index contributed by atoms with van der Waals surface area (Å²) in [6.45, 7) is 2.41. The third-order valence-corrected chi connectivity index (χ3v) is 3.36. The normalized spacial score (nSPS) is 12.2. The molecule has 0 saturated carbocycles. The summed E-state index contributed by atoms with van der Waals surface area (Å²) in [5.41, 5.74) is 8.84. The highest BCUT2D eigenvalue weighted by atomic mass is 16.7. The van der Waals surface area contributed by atoms with Crippen molar-refractivity contribution in [2.45, 2.75) is 13.5 Å². The predicted octanol–water partition coefficient (Wildman–Crippen LogP) is 2.81. The number of ether oxygens (including phenoxy) is 2. The minimum Gasteiger partial charge on any atom is -0.454 e. The maximum absolute atomic E-state index is 11.3. The molecule has 0 fully saturated rings. The molecule has 3 N–H and O–H groups in total. The van der Waals surface area contributed by atoms with Crippen molar-refractivity contribution >= 4 is 17.2 Å². The number of benzene rings is 2. The van der Waals surface area contributed by atoms with Crippen LogP contribution in [0.4, 0.5) is 11.4 Å². The molecule has 0 amide bonds. The standard InChI is InChI=1S/C16H16N2O3/c1-10(19)13-4-3-12(7-14(13)17)18-8-11-2-5-15-16(6-11)21-9-20-15/h2-7,18H,8-9,17H2,1H3. The molecule has 0 bridgehead atoms. The topological polar surface area (TPSA) is 73.6 Å². The number of hydrogen-bond donors (Lipinski definition) is 2. The van der Waals surface area contributed by atoms with Gasteiger partial charge in [0.1, 0.15) is 0 Å². The van der Waals surface area contributed by atoms with E-state index in [1.807, 2.05) is 24.3 Å². The Morgan fingerprint density at radius 1 is 1.19 bits per heavy atom. The Kier molecular flexibility index (Phi) is 3.39. The first-order valence-corrected chi connectivity index (χ1v) is 6.66. The first kappa shape index (κ1) is 13.3.